The van der Waals surface area contributed by atoms with E-state index in [1.54, 1.807) is 12.1 Å². The highest BCUT2D eigenvalue weighted by Gasteiger charge is 2.35. The average Bonchev–Trinajstić information content (AvgIpc) is 2.74. The first-order valence-electron chi connectivity index (χ1n) is 7.32. The molecular weight excluding hydrogens is 239 g/mol. The molecule has 3 atom stereocenters. The van der Waals surface area contributed by atoms with Gasteiger partial charge in [0.15, 0.2) is 0 Å². The van der Waals surface area contributed by atoms with Gasteiger partial charge in [0.1, 0.15) is 5.82 Å². The van der Waals surface area contributed by atoms with Crippen LogP contribution in [0, 0.1) is 12.7 Å². The minimum atomic E-state index is -0.168. The number of nitrogens with zero attached hydrogens (tertiary/aromatic N) is 1. The molecule has 3 heteroatoms. The minimum absolute atomic E-state index is 0.168. The molecule has 1 saturated heterocycles. The van der Waals surface area contributed by atoms with Gasteiger partial charge in [0.25, 0.3) is 0 Å². The van der Waals surface area contributed by atoms with Crippen LogP contribution in [-0.2, 0) is 0 Å². The SMILES string of the molecule is CCC1CCC(C)N1C(CN)c1ccc(F)cc1C. The highest BCUT2D eigenvalue weighted by Crippen LogP contribution is 2.35. The summed E-state index contributed by atoms with van der Waals surface area (Å²) in [6.07, 6.45) is 3.63. The topological polar surface area (TPSA) is 29.3 Å². The maximum Gasteiger partial charge on any atom is 0.123 e. The Morgan fingerprint density at radius 1 is 1.42 bits per heavy atom. The summed E-state index contributed by atoms with van der Waals surface area (Å²) < 4.78 is 13.3. The number of halogens is 1. The number of aryl methyl sites for hydroxylation is 1. The lowest BCUT2D eigenvalue weighted by Gasteiger charge is -2.36. The Morgan fingerprint density at radius 3 is 2.74 bits per heavy atom. The van der Waals surface area contributed by atoms with E-state index in [4.69, 9.17) is 5.73 Å². The first kappa shape index (κ1) is 14.5. The first-order chi connectivity index (χ1) is 9.08. The second kappa shape index (κ2) is 6.02. The van der Waals surface area contributed by atoms with E-state index in [1.807, 2.05) is 13.0 Å². The van der Waals surface area contributed by atoms with Crippen LogP contribution >= 0.6 is 0 Å². The first-order valence-corrected chi connectivity index (χ1v) is 7.32. The molecule has 0 bridgehead atoms. The van der Waals surface area contributed by atoms with E-state index < -0.39 is 0 Å². The van der Waals surface area contributed by atoms with Crippen LogP contribution in [0.2, 0.25) is 0 Å². The van der Waals surface area contributed by atoms with Crippen LogP contribution in [0.25, 0.3) is 0 Å². The van der Waals surface area contributed by atoms with Gasteiger partial charge >= 0.3 is 0 Å². The number of nitrogens with two attached hydrogens (primary N) is 1. The van der Waals surface area contributed by atoms with Gasteiger partial charge in [0, 0.05) is 24.7 Å². The fourth-order valence-electron chi connectivity index (χ4n) is 3.49. The van der Waals surface area contributed by atoms with E-state index in [2.05, 4.69) is 18.7 Å². The standard InChI is InChI=1S/C16H25FN2/c1-4-14-7-5-12(3)19(14)16(10-18)15-8-6-13(17)9-11(15)2/h6,8-9,12,14,16H,4-5,7,10,18H2,1-3H3. The molecule has 1 fully saturated rings. The molecule has 1 heterocycles. The molecule has 1 aromatic carbocycles. The Morgan fingerprint density at radius 2 is 2.16 bits per heavy atom. The van der Waals surface area contributed by atoms with E-state index in [9.17, 15) is 4.39 Å². The highest BCUT2D eigenvalue weighted by atomic mass is 19.1. The third kappa shape index (κ3) is 2.82. The lowest BCUT2D eigenvalue weighted by atomic mass is 9.98. The molecular formula is C16H25FN2. The molecule has 0 aromatic heterocycles. The van der Waals surface area contributed by atoms with Crippen molar-refractivity contribution in [3.05, 3.63) is 35.1 Å². The monoisotopic (exact) mass is 264 g/mol. The van der Waals surface area contributed by atoms with E-state index in [0.29, 0.717) is 18.6 Å². The van der Waals surface area contributed by atoms with Gasteiger partial charge in [-0.25, -0.2) is 4.39 Å². The normalized spacial score (nSPS) is 25.7. The Balaban J connectivity index is 2.33. The van der Waals surface area contributed by atoms with Crippen molar-refractivity contribution in [2.75, 3.05) is 6.54 Å². The maximum atomic E-state index is 13.3. The summed E-state index contributed by atoms with van der Waals surface area (Å²) in [7, 11) is 0. The molecule has 0 aliphatic carbocycles. The second-order valence-corrected chi connectivity index (χ2v) is 5.69. The quantitative estimate of drug-likeness (QED) is 0.903. The molecule has 3 unspecified atom stereocenters. The maximum absolute atomic E-state index is 13.3. The van der Waals surface area contributed by atoms with Crippen LogP contribution in [0.5, 0.6) is 0 Å². The van der Waals surface area contributed by atoms with Crippen molar-refractivity contribution in [1.29, 1.82) is 0 Å². The fourth-order valence-corrected chi connectivity index (χ4v) is 3.49. The Bertz CT molecular complexity index is 433. The van der Waals surface area contributed by atoms with Gasteiger partial charge in [-0.05, 0) is 56.4 Å². The fraction of sp³-hybridized carbons (Fsp3) is 0.625. The Kier molecular flexibility index (Phi) is 4.58. The third-order valence-corrected chi connectivity index (χ3v) is 4.49. The van der Waals surface area contributed by atoms with Crippen LogP contribution in [0.3, 0.4) is 0 Å². The zero-order valence-corrected chi connectivity index (χ0v) is 12.2. The second-order valence-electron chi connectivity index (χ2n) is 5.69. The average molecular weight is 264 g/mol. The molecule has 0 spiro atoms. The number of hydrogen-bond acceptors (Lipinski definition) is 2. The van der Waals surface area contributed by atoms with Gasteiger partial charge in [-0.15, -0.1) is 0 Å². The van der Waals surface area contributed by atoms with Gasteiger partial charge < -0.3 is 5.73 Å². The molecule has 0 saturated carbocycles. The van der Waals surface area contributed by atoms with Crippen LogP contribution in [0.4, 0.5) is 4.39 Å². The van der Waals surface area contributed by atoms with E-state index in [0.717, 1.165) is 12.0 Å². The Labute approximate surface area is 115 Å². The predicted octanol–water partition coefficient (Wildman–Crippen LogP) is 3.40. The Hall–Kier alpha value is -0.930. The molecule has 2 rings (SSSR count). The number of rotatable bonds is 4. The van der Waals surface area contributed by atoms with E-state index >= 15 is 0 Å². The zero-order chi connectivity index (χ0) is 14.0. The lowest BCUT2D eigenvalue weighted by Crippen LogP contribution is -2.41. The van der Waals surface area contributed by atoms with Gasteiger partial charge in [0.2, 0.25) is 0 Å². The molecule has 106 valence electrons. The summed E-state index contributed by atoms with van der Waals surface area (Å²) >= 11 is 0. The lowest BCUT2D eigenvalue weighted by molar-refractivity contribution is 0.136. The number of hydrogen-bond donors (Lipinski definition) is 1. The van der Waals surface area contributed by atoms with E-state index in [1.165, 1.54) is 18.4 Å². The van der Waals surface area contributed by atoms with Crippen LogP contribution in [0.1, 0.15) is 50.3 Å². The third-order valence-electron chi connectivity index (χ3n) is 4.49. The van der Waals surface area contributed by atoms with Crippen molar-refractivity contribution in [1.82, 2.24) is 4.90 Å². The molecule has 2 N–H and O–H groups in total. The summed E-state index contributed by atoms with van der Waals surface area (Å²) in [5, 5.41) is 0. The van der Waals surface area contributed by atoms with Crippen molar-refractivity contribution in [2.24, 2.45) is 5.73 Å². The van der Waals surface area contributed by atoms with Crippen LogP contribution < -0.4 is 5.73 Å². The van der Waals surface area contributed by atoms with Crippen molar-refractivity contribution in [3.63, 3.8) is 0 Å². The summed E-state index contributed by atoms with van der Waals surface area (Å²) in [6.45, 7) is 7.08. The largest absolute Gasteiger partial charge is 0.329 e. The zero-order valence-electron chi connectivity index (χ0n) is 12.2. The van der Waals surface area contributed by atoms with Gasteiger partial charge in [0.05, 0.1) is 0 Å². The predicted molar refractivity (Wildman–Crippen MR) is 77.5 cm³/mol. The summed E-state index contributed by atoms with van der Waals surface area (Å²) in [4.78, 5) is 2.54. The number of likely N-dealkylation sites (tertiary alicyclic amines) is 1. The molecule has 0 amide bonds. The minimum Gasteiger partial charge on any atom is -0.329 e. The molecule has 1 aromatic rings. The molecule has 0 radical (unpaired) electrons. The van der Waals surface area contributed by atoms with Gasteiger partial charge in [-0.3, -0.25) is 4.90 Å². The van der Waals surface area contributed by atoms with Crippen molar-refractivity contribution < 1.29 is 4.39 Å². The molecule has 2 nitrogen and oxygen atoms in total. The van der Waals surface area contributed by atoms with Gasteiger partial charge in [-0.1, -0.05) is 13.0 Å². The highest BCUT2D eigenvalue weighted by molar-refractivity contribution is 5.30. The smallest absolute Gasteiger partial charge is 0.123 e. The van der Waals surface area contributed by atoms with E-state index in [-0.39, 0.29) is 11.9 Å². The van der Waals surface area contributed by atoms with Crippen LogP contribution in [0.15, 0.2) is 18.2 Å². The van der Waals surface area contributed by atoms with Gasteiger partial charge in [-0.2, -0.15) is 0 Å². The molecule has 1 aliphatic heterocycles. The van der Waals surface area contributed by atoms with Crippen LogP contribution in [-0.4, -0.2) is 23.5 Å². The molecule has 1 aliphatic rings. The van der Waals surface area contributed by atoms with Crippen molar-refractivity contribution in [2.45, 2.75) is 58.2 Å². The van der Waals surface area contributed by atoms with Crippen molar-refractivity contribution in [3.8, 4) is 0 Å². The number of benzene rings is 1. The summed E-state index contributed by atoms with van der Waals surface area (Å²) in [5.41, 5.74) is 8.22. The summed E-state index contributed by atoms with van der Waals surface area (Å²) in [5.74, 6) is -0.168. The molecule has 19 heavy (non-hydrogen) atoms. The summed E-state index contributed by atoms with van der Waals surface area (Å²) in [6, 6.07) is 6.44. The van der Waals surface area contributed by atoms with Crippen molar-refractivity contribution >= 4 is 0 Å².